The zero-order valence-corrected chi connectivity index (χ0v) is 11.7. The minimum Gasteiger partial charge on any atom is -0.274 e. The molecule has 0 unspecified atom stereocenters. The Labute approximate surface area is 118 Å². The topological polar surface area (TPSA) is 37.4 Å². The second kappa shape index (κ2) is 3.81. The summed E-state index contributed by atoms with van der Waals surface area (Å²) in [6, 6.07) is 5.81. The van der Waals surface area contributed by atoms with Crippen molar-refractivity contribution in [3.05, 3.63) is 41.5 Å². The zero-order valence-electron chi connectivity index (χ0n) is 11.7. The summed E-state index contributed by atoms with van der Waals surface area (Å²) in [7, 11) is 0. The average molecular weight is 267 g/mol. The van der Waals surface area contributed by atoms with Gasteiger partial charge in [0.05, 0.1) is 17.5 Å². The average Bonchev–Trinajstić information content (AvgIpc) is 3.08. The van der Waals surface area contributed by atoms with Crippen LogP contribution in [0, 0.1) is 37.5 Å². The maximum absolute atomic E-state index is 12.7. The van der Waals surface area contributed by atoms with Gasteiger partial charge >= 0.3 is 0 Å². The molecule has 0 spiro atoms. The first-order valence-electron chi connectivity index (χ1n) is 7.21. The van der Waals surface area contributed by atoms with Crippen LogP contribution in [-0.2, 0) is 9.59 Å². The lowest BCUT2D eigenvalue weighted by atomic mass is 9.85. The Morgan fingerprint density at radius 2 is 1.55 bits per heavy atom. The molecule has 0 radical (unpaired) electrons. The third-order valence-electron chi connectivity index (χ3n) is 5.22. The van der Waals surface area contributed by atoms with E-state index in [0.717, 1.165) is 17.7 Å². The van der Waals surface area contributed by atoms with E-state index in [1.54, 1.807) is 0 Å². The number of anilines is 1. The SMILES string of the molecule is Cc1ccc(N2C(=O)[C@@H]3[C@@H](C2=O)[C@@H]2C=C[C@@H]3C2)cc1C. The Bertz CT molecular complexity index is 631. The molecule has 0 N–H and O–H groups in total. The van der Waals surface area contributed by atoms with Crippen molar-refractivity contribution < 1.29 is 9.59 Å². The van der Waals surface area contributed by atoms with Gasteiger partial charge in [-0.1, -0.05) is 18.2 Å². The van der Waals surface area contributed by atoms with Gasteiger partial charge in [-0.3, -0.25) is 14.5 Å². The molecule has 1 aromatic rings. The molecule has 1 aliphatic heterocycles. The number of carbonyl (C=O) groups is 2. The van der Waals surface area contributed by atoms with E-state index in [0.29, 0.717) is 0 Å². The summed E-state index contributed by atoms with van der Waals surface area (Å²) >= 11 is 0. The molecule has 2 bridgehead atoms. The summed E-state index contributed by atoms with van der Waals surface area (Å²) in [4.78, 5) is 26.7. The first-order chi connectivity index (χ1) is 9.58. The van der Waals surface area contributed by atoms with Crippen LogP contribution >= 0.6 is 0 Å². The van der Waals surface area contributed by atoms with Crippen LogP contribution in [0.3, 0.4) is 0 Å². The quantitative estimate of drug-likeness (QED) is 0.579. The molecule has 102 valence electrons. The minimum atomic E-state index is -0.112. The van der Waals surface area contributed by atoms with Crippen molar-refractivity contribution in [2.75, 3.05) is 4.90 Å². The largest absolute Gasteiger partial charge is 0.274 e. The first kappa shape index (κ1) is 11.9. The van der Waals surface area contributed by atoms with Crippen LogP contribution in [0.4, 0.5) is 5.69 Å². The Morgan fingerprint density at radius 1 is 0.950 bits per heavy atom. The van der Waals surface area contributed by atoms with Crippen LogP contribution in [0.25, 0.3) is 0 Å². The molecule has 1 heterocycles. The molecule has 1 saturated heterocycles. The molecule has 2 amide bonds. The Morgan fingerprint density at radius 3 is 2.10 bits per heavy atom. The van der Waals surface area contributed by atoms with Crippen molar-refractivity contribution >= 4 is 17.5 Å². The van der Waals surface area contributed by atoms with E-state index in [9.17, 15) is 9.59 Å². The van der Waals surface area contributed by atoms with Crippen LogP contribution in [-0.4, -0.2) is 11.8 Å². The lowest BCUT2D eigenvalue weighted by Crippen LogP contribution is -2.32. The molecule has 2 aliphatic carbocycles. The predicted octanol–water partition coefficient (Wildman–Crippen LogP) is 2.61. The van der Waals surface area contributed by atoms with Gasteiger partial charge in [-0.25, -0.2) is 0 Å². The number of imide groups is 1. The Balaban J connectivity index is 1.76. The molecule has 4 atom stereocenters. The summed E-state index contributed by atoms with van der Waals surface area (Å²) in [5.74, 6) is 0.328. The predicted molar refractivity (Wildman–Crippen MR) is 76.1 cm³/mol. The lowest BCUT2D eigenvalue weighted by molar-refractivity contribution is -0.123. The lowest BCUT2D eigenvalue weighted by Gasteiger charge is -2.18. The van der Waals surface area contributed by atoms with Crippen LogP contribution in [0.5, 0.6) is 0 Å². The monoisotopic (exact) mass is 267 g/mol. The van der Waals surface area contributed by atoms with Crippen molar-refractivity contribution in [2.45, 2.75) is 20.3 Å². The molecule has 20 heavy (non-hydrogen) atoms. The molecular weight excluding hydrogens is 250 g/mol. The number of hydrogen-bond acceptors (Lipinski definition) is 2. The molecule has 3 heteroatoms. The van der Waals surface area contributed by atoms with Gasteiger partial charge in [0, 0.05) is 0 Å². The number of aryl methyl sites for hydroxylation is 2. The standard InChI is InChI=1S/C17H17NO2/c1-9-3-6-13(7-10(9)2)18-16(19)14-11-4-5-12(8-11)15(14)17(18)20/h3-7,11-12,14-15H,8H2,1-2H3/t11-,12-,14+,15+/m1/s1. The summed E-state index contributed by atoms with van der Waals surface area (Å²) in [5.41, 5.74) is 3.02. The van der Waals surface area contributed by atoms with E-state index in [-0.39, 0.29) is 35.5 Å². The molecule has 0 aromatic heterocycles. The van der Waals surface area contributed by atoms with Gasteiger partial charge in [0.15, 0.2) is 0 Å². The second-order valence-corrected chi connectivity index (χ2v) is 6.28. The minimum absolute atomic E-state index is 0.0000954. The van der Waals surface area contributed by atoms with Crippen LogP contribution < -0.4 is 4.90 Å². The second-order valence-electron chi connectivity index (χ2n) is 6.28. The number of nitrogens with zero attached hydrogens (tertiary/aromatic N) is 1. The summed E-state index contributed by atoms with van der Waals surface area (Å²) in [6.07, 6.45) is 5.23. The Kier molecular flexibility index (Phi) is 2.27. The first-order valence-corrected chi connectivity index (χ1v) is 7.21. The molecule has 2 fully saturated rings. The van der Waals surface area contributed by atoms with Crippen molar-refractivity contribution in [1.29, 1.82) is 0 Å². The summed E-state index contributed by atoms with van der Waals surface area (Å²) < 4.78 is 0. The molecule has 1 saturated carbocycles. The fourth-order valence-corrected chi connectivity index (χ4v) is 4.02. The van der Waals surface area contributed by atoms with Gasteiger partial charge < -0.3 is 0 Å². The molecule has 3 nitrogen and oxygen atoms in total. The zero-order chi connectivity index (χ0) is 14.0. The maximum Gasteiger partial charge on any atom is 0.238 e. The van der Waals surface area contributed by atoms with Gasteiger partial charge in [-0.05, 0) is 55.4 Å². The normalized spacial score (nSPS) is 34.2. The third-order valence-corrected chi connectivity index (χ3v) is 5.22. The van der Waals surface area contributed by atoms with Crippen molar-refractivity contribution in [3.63, 3.8) is 0 Å². The van der Waals surface area contributed by atoms with Crippen LogP contribution in [0.2, 0.25) is 0 Å². The summed E-state index contributed by atoms with van der Waals surface area (Å²) in [5, 5.41) is 0. The van der Waals surface area contributed by atoms with Crippen molar-refractivity contribution in [1.82, 2.24) is 0 Å². The highest BCUT2D eigenvalue weighted by atomic mass is 16.2. The summed E-state index contributed by atoms with van der Waals surface area (Å²) in [6.45, 7) is 4.04. The Hall–Kier alpha value is -1.90. The fraction of sp³-hybridized carbons (Fsp3) is 0.412. The van der Waals surface area contributed by atoms with E-state index >= 15 is 0 Å². The number of allylic oxidation sites excluding steroid dienone is 2. The van der Waals surface area contributed by atoms with Gasteiger partial charge in [-0.2, -0.15) is 0 Å². The number of carbonyl (C=O) groups excluding carboxylic acids is 2. The van der Waals surface area contributed by atoms with Crippen LogP contribution in [0.15, 0.2) is 30.4 Å². The van der Waals surface area contributed by atoms with Gasteiger partial charge in [0.25, 0.3) is 0 Å². The molecular formula is C17H17NO2. The van der Waals surface area contributed by atoms with E-state index in [1.807, 2.05) is 32.0 Å². The number of benzene rings is 1. The number of fused-ring (bicyclic) bond motifs is 5. The number of rotatable bonds is 1. The van der Waals surface area contributed by atoms with E-state index in [2.05, 4.69) is 12.2 Å². The molecule has 1 aromatic carbocycles. The molecule has 3 aliphatic rings. The van der Waals surface area contributed by atoms with E-state index < -0.39 is 0 Å². The molecule has 4 rings (SSSR count). The third kappa shape index (κ3) is 1.35. The maximum atomic E-state index is 12.7. The fourth-order valence-electron chi connectivity index (χ4n) is 4.02. The number of amides is 2. The van der Waals surface area contributed by atoms with Gasteiger partial charge in [0.2, 0.25) is 11.8 Å². The number of hydrogen-bond donors (Lipinski definition) is 0. The van der Waals surface area contributed by atoms with Crippen molar-refractivity contribution in [2.24, 2.45) is 23.7 Å². The van der Waals surface area contributed by atoms with Crippen LogP contribution in [0.1, 0.15) is 17.5 Å². The van der Waals surface area contributed by atoms with Crippen molar-refractivity contribution in [3.8, 4) is 0 Å². The highest BCUT2D eigenvalue weighted by molar-refractivity contribution is 6.22. The highest BCUT2D eigenvalue weighted by Crippen LogP contribution is 2.53. The van der Waals surface area contributed by atoms with Gasteiger partial charge in [0.1, 0.15) is 0 Å². The highest BCUT2D eigenvalue weighted by Gasteiger charge is 2.59. The smallest absolute Gasteiger partial charge is 0.238 e. The van der Waals surface area contributed by atoms with E-state index in [1.165, 1.54) is 10.5 Å². The van der Waals surface area contributed by atoms with Gasteiger partial charge in [-0.15, -0.1) is 0 Å². The van der Waals surface area contributed by atoms with E-state index in [4.69, 9.17) is 0 Å².